The van der Waals surface area contributed by atoms with E-state index in [9.17, 15) is 4.79 Å². The molecule has 0 bridgehead atoms. The minimum atomic E-state index is -0.421. The van der Waals surface area contributed by atoms with Crippen molar-refractivity contribution in [3.63, 3.8) is 0 Å². The van der Waals surface area contributed by atoms with Gasteiger partial charge < -0.3 is 14.5 Å². The van der Waals surface area contributed by atoms with Gasteiger partial charge in [-0.25, -0.2) is 0 Å². The van der Waals surface area contributed by atoms with E-state index in [0.717, 1.165) is 31.9 Å². The highest BCUT2D eigenvalue weighted by molar-refractivity contribution is 5.81. The Hall–Kier alpha value is -1.55. The maximum Gasteiger partial charge on any atom is 0.263 e. The van der Waals surface area contributed by atoms with Crippen LogP contribution in [-0.2, 0) is 4.79 Å². The summed E-state index contributed by atoms with van der Waals surface area (Å²) in [5.74, 6) is 0.819. The zero-order valence-corrected chi connectivity index (χ0v) is 11.0. The Labute approximate surface area is 108 Å². The highest BCUT2D eigenvalue weighted by Crippen LogP contribution is 2.12. The molecule has 18 heavy (non-hydrogen) atoms. The minimum Gasteiger partial charge on any atom is -0.481 e. The number of para-hydroxylation sites is 1. The number of nitrogens with zero attached hydrogens (tertiary/aromatic N) is 2. The molecule has 4 heteroatoms. The summed E-state index contributed by atoms with van der Waals surface area (Å²) >= 11 is 0. The third kappa shape index (κ3) is 3.23. The number of rotatable bonds is 3. The van der Waals surface area contributed by atoms with Crippen LogP contribution in [0.25, 0.3) is 0 Å². The molecular formula is C14H20N2O2. The highest BCUT2D eigenvalue weighted by Gasteiger charge is 2.24. The fourth-order valence-corrected chi connectivity index (χ4v) is 2.04. The van der Waals surface area contributed by atoms with Crippen molar-refractivity contribution in [3.05, 3.63) is 30.3 Å². The summed E-state index contributed by atoms with van der Waals surface area (Å²) in [5, 5.41) is 0. The number of ether oxygens (including phenoxy) is 1. The molecule has 1 aromatic rings. The van der Waals surface area contributed by atoms with Crippen molar-refractivity contribution in [3.8, 4) is 5.75 Å². The van der Waals surface area contributed by atoms with Crippen molar-refractivity contribution in [2.45, 2.75) is 13.0 Å². The van der Waals surface area contributed by atoms with Crippen molar-refractivity contribution in [2.75, 3.05) is 33.2 Å². The first kappa shape index (κ1) is 12.9. The number of hydrogen-bond donors (Lipinski definition) is 0. The van der Waals surface area contributed by atoms with Crippen molar-refractivity contribution in [1.29, 1.82) is 0 Å². The lowest BCUT2D eigenvalue weighted by Crippen LogP contribution is -2.50. The second-order valence-electron chi connectivity index (χ2n) is 4.70. The second-order valence-corrected chi connectivity index (χ2v) is 4.70. The van der Waals surface area contributed by atoms with Gasteiger partial charge in [0.25, 0.3) is 5.91 Å². The van der Waals surface area contributed by atoms with Gasteiger partial charge in [0, 0.05) is 26.2 Å². The fourth-order valence-electron chi connectivity index (χ4n) is 2.04. The van der Waals surface area contributed by atoms with Crippen LogP contribution in [0, 0.1) is 0 Å². The zero-order valence-electron chi connectivity index (χ0n) is 11.0. The summed E-state index contributed by atoms with van der Waals surface area (Å²) in [7, 11) is 2.08. The maximum atomic E-state index is 12.2. The summed E-state index contributed by atoms with van der Waals surface area (Å²) in [4.78, 5) is 16.3. The first-order valence-electron chi connectivity index (χ1n) is 6.36. The fraction of sp³-hybridized carbons (Fsp3) is 0.500. The van der Waals surface area contributed by atoms with Crippen LogP contribution in [-0.4, -0.2) is 55.0 Å². The van der Waals surface area contributed by atoms with Crippen LogP contribution in [0.1, 0.15) is 6.92 Å². The molecular weight excluding hydrogens is 228 g/mol. The Morgan fingerprint density at radius 3 is 2.39 bits per heavy atom. The van der Waals surface area contributed by atoms with Crippen LogP contribution in [0.15, 0.2) is 30.3 Å². The molecule has 0 N–H and O–H groups in total. The molecule has 1 aliphatic rings. The summed E-state index contributed by atoms with van der Waals surface area (Å²) < 4.78 is 5.65. The normalized spacial score (nSPS) is 18.4. The molecule has 1 aromatic carbocycles. The van der Waals surface area contributed by atoms with Crippen LogP contribution < -0.4 is 4.74 Å². The number of hydrogen-bond acceptors (Lipinski definition) is 3. The third-order valence-corrected chi connectivity index (χ3v) is 3.22. The third-order valence-electron chi connectivity index (χ3n) is 3.22. The summed E-state index contributed by atoms with van der Waals surface area (Å²) in [6.45, 7) is 5.26. The monoisotopic (exact) mass is 248 g/mol. The van der Waals surface area contributed by atoms with Crippen molar-refractivity contribution < 1.29 is 9.53 Å². The Morgan fingerprint density at radius 1 is 1.17 bits per heavy atom. The number of carbonyl (C=O) groups excluding carboxylic acids is 1. The molecule has 1 unspecified atom stereocenters. The first-order valence-corrected chi connectivity index (χ1v) is 6.36. The molecule has 1 heterocycles. The Balaban J connectivity index is 1.89. The summed E-state index contributed by atoms with van der Waals surface area (Å²) in [5.41, 5.74) is 0. The molecule has 1 amide bonds. The highest BCUT2D eigenvalue weighted by atomic mass is 16.5. The molecule has 0 radical (unpaired) electrons. The molecule has 0 spiro atoms. The van der Waals surface area contributed by atoms with Gasteiger partial charge in [-0.3, -0.25) is 4.79 Å². The smallest absolute Gasteiger partial charge is 0.263 e. The van der Waals surface area contributed by atoms with Gasteiger partial charge in [-0.15, -0.1) is 0 Å². The molecule has 98 valence electrons. The van der Waals surface area contributed by atoms with Gasteiger partial charge in [-0.05, 0) is 26.1 Å². The lowest BCUT2D eigenvalue weighted by molar-refractivity contribution is -0.139. The van der Waals surface area contributed by atoms with E-state index in [1.807, 2.05) is 42.2 Å². The Morgan fingerprint density at radius 2 is 1.78 bits per heavy atom. The van der Waals surface area contributed by atoms with Gasteiger partial charge in [0.2, 0.25) is 0 Å². The van der Waals surface area contributed by atoms with Crippen LogP contribution in [0.5, 0.6) is 5.75 Å². The maximum absolute atomic E-state index is 12.2. The summed E-state index contributed by atoms with van der Waals surface area (Å²) in [6, 6.07) is 9.48. The number of amides is 1. The van der Waals surface area contributed by atoms with Crippen LogP contribution in [0.3, 0.4) is 0 Å². The molecule has 0 aliphatic carbocycles. The lowest BCUT2D eigenvalue weighted by atomic mass is 10.2. The van der Waals surface area contributed by atoms with E-state index in [-0.39, 0.29) is 5.91 Å². The van der Waals surface area contributed by atoms with E-state index in [1.165, 1.54) is 0 Å². The molecule has 2 rings (SSSR count). The van der Waals surface area contributed by atoms with Crippen LogP contribution in [0.4, 0.5) is 0 Å². The number of likely N-dealkylation sites (N-methyl/N-ethyl adjacent to an activating group) is 1. The van der Waals surface area contributed by atoms with Crippen LogP contribution >= 0.6 is 0 Å². The second kappa shape index (κ2) is 5.87. The zero-order chi connectivity index (χ0) is 13.0. The Bertz CT molecular complexity index is 386. The largest absolute Gasteiger partial charge is 0.481 e. The van der Waals surface area contributed by atoms with Gasteiger partial charge >= 0.3 is 0 Å². The van der Waals surface area contributed by atoms with Gasteiger partial charge in [-0.2, -0.15) is 0 Å². The average Bonchev–Trinajstić information content (AvgIpc) is 2.40. The Kier molecular flexibility index (Phi) is 4.20. The van der Waals surface area contributed by atoms with Gasteiger partial charge in [-0.1, -0.05) is 18.2 Å². The molecule has 1 fully saturated rings. The molecule has 0 aromatic heterocycles. The standard InChI is InChI=1S/C14H20N2O2/c1-12(18-13-6-4-3-5-7-13)14(17)16-10-8-15(2)9-11-16/h3-7,12H,8-11H2,1-2H3. The molecule has 1 aliphatic heterocycles. The van der Waals surface area contributed by atoms with Gasteiger partial charge in [0.1, 0.15) is 5.75 Å². The quantitative estimate of drug-likeness (QED) is 0.806. The number of benzene rings is 1. The van der Waals surface area contributed by atoms with E-state index >= 15 is 0 Å². The van der Waals surface area contributed by atoms with Gasteiger partial charge in [0.05, 0.1) is 0 Å². The predicted octanol–water partition coefficient (Wildman–Crippen LogP) is 1.23. The average molecular weight is 248 g/mol. The SMILES string of the molecule is CC(Oc1ccccc1)C(=O)N1CCN(C)CC1. The van der Waals surface area contributed by atoms with E-state index in [0.29, 0.717) is 0 Å². The molecule has 0 saturated carbocycles. The van der Waals surface area contributed by atoms with E-state index < -0.39 is 6.10 Å². The van der Waals surface area contributed by atoms with Crippen molar-refractivity contribution in [1.82, 2.24) is 9.80 Å². The number of piperazine rings is 1. The molecule has 4 nitrogen and oxygen atoms in total. The van der Waals surface area contributed by atoms with E-state index in [2.05, 4.69) is 11.9 Å². The van der Waals surface area contributed by atoms with E-state index in [1.54, 1.807) is 0 Å². The van der Waals surface area contributed by atoms with Crippen LogP contribution in [0.2, 0.25) is 0 Å². The number of carbonyl (C=O) groups is 1. The molecule has 1 atom stereocenters. The predicted molar refractivity (Wildman–Crippen MR) is 70.6 cm³/mol. The van der Waals surface area contributed by atoms with Crippen molar-refractivity contribution >= 4 is 5.91 Å². The molecule has 1 saturated heterocycles. The lowest BCUT2D eigenvalue weighted by Gasteiger charge is -2.33. The van der Waals surface area contributed by atoms with Crippen molar-refractivity contribution in [2.24, 2.45) is 0 Å². The topological polar surface area (TPSA) is 32.8 Å². The summed E-state index contributed by atoms with van der Waals surface area (Å²) in [6.07, 6.45) is -0.421. The van der Waals surface area contributed by atoms with E-state index in [4.69, 9.17) is 4.74 Å². The van der Waals surface area contributed by atoms with Gasteiger partial charge in [0.15, 0.2) is 6.10 Å². The minimum absolute atomic E-state index is 0.0759. The first-order chi connectivity index (χ1) is 8.66.